The molecule has 4 heteroatoms. The van der Waals surface area contributed by atoms with Crippen LogP contribution in [0.3, 0.4) is 0 Å². The molecule has 11 heavy (non-hydrogen) atoms. The lowest BCUT2D eigenvalue weighted by Gasteiger charge is -2.03. The van der Waals surface area contributed by atoms with Crippen LogP contribution in [0, 0.1) is 6.08 Å². The Kier molecular flexibility index (Phi) is 2.03. The van der Waals surface area contributed by atoms with Crippen LogP contribution in [-0.4, -0.2) is 9.97 Å². The number of aromatic nitrogens is 2. The molecule has 1 heterocycles. The SMILES string of the molecule is CC(C)c1cc(N)nc(F)n1. The molecule has 3 nitrogen and oxygen atoms in total. The Morgan fingerprint density at radius 3 is 2.55 bits per heavy atom. The second-order valence-electron chi connectivity index (χ2n) is 2.64. The van der Waals surface area contributed by atoms with Crippen LogP contribution in [0.5, 0.6) is 0 Å². The van der Waals surface area contributed by atoms with E-state index in [2.05, 4.69) is 9.97 Å². The maximum Gasteiger partial charge on any atom is 0.310 e. The van der Waals surface area contributed by atoms with E-state index in [9.17, 15) is 4.39 Å². The minimum absolute atomic E-state index is 0.176. The lowest BCUT2D eigenvalue weighted by Crippen LogP contribution is -2.01. The molecule has 1 rings (SSSR count). The molecule has 0 aliphatic carbocycles. The standard InChI is InChI=1S/C7H10FN3/c1-4(2)5-3-6(9)11-7(8)10-5/h3-4H,1-2H3,(H2,9,10,11). The first kappa shape index (κ1) is 7.91. The highest BCUT2D eigenvalue weighted by atomic mass is 19.1. The molecule has 0 unspecified atom stereocenters. The van der Waals surface area contributed by atoms with Crippen LogP contribution in [0.2, 0.25) is 0 Å². The first-order valence-corrected chi connectivity index (χ1v) is 3.39. The van der Waals surface area contributed by atoms with Gasteiger partial charge >= 0.3 is 6.08 Å². The van der Waals surface area contributed by atoms with Gasteiger partial charge in [0.15, 0.2) is 0 Å². The van der Waals surface area contributed by atoms with E-state index in [-0.39, 0.29) is 11.7 Å². The summed E-state index contributed by atoms with van der Waals surface area (Å²) in [5, 5.41) is 0. The minimum Gasteiger partial charge on any atom is -0.384 e. The smallest absolute Gasteiger partial charge is 0.310 e. The molecule has 0 saturated carbocycles. The Morgan fingerprint density at radius 2 is 2.09 bits per heavy atom. The number of rotatable bonds is 1. The van der Waals surface area contributed by atoms with E-state index in [0.29, 0.717) is 5.69 Å². The van der Waals surface area contributed by atoms with Crippen LogP contribution in [0.4, 0.5) is 10.2 Å². The third-order valence-electron chi connectivity index (χ3n) is 1.33. The molecular formula is C7H10FN3. The molecule has 1 aromatic rings. The molecule has 0 aromatic carbocycles. The van der Waals surface area contributed by atoms with Crippen molar-refractivity contribution in [1.29, 1.82) is 0 Å². The lowest BCUT2D eigenvalue weighted by atomic mass is 10.1. The van der Waals surface area contributed by atoms with Crippen molar-refractivity contribution >= 4 is 5.82 Å². The van der Waals surface area contributed by atoms with E-state index in [1.807, 2.05) is 13.8 Å². The van der Waals surface area contributed by atoms with Crippen LogP contribution >= 0.6 is 0 Å². The van der Waals surface area contributed by atoms with Crippen LogP contribution < -0.4 is 5.73 Å². The number of anilines is 1. The fraction of sp³-hybridized carbons (Fsp3) is 0.429. The molecule has 0 fully saturated rings. The monoisotopic (exact) mass is 155 g/mol. The highest BCUT2D eigenvalue weighted by molar-refractivity contribution is 5.29. The van der Waals surface area contributed by atoms with E-state index in [4.69, 9.17) is 5.73 Å². The van der Waals surface area contributed by atoms with Crippen LogP contribution in [-0.2, 0) is 0 Å². The molecule has 60 valence electrons. The van der Waals surface area contributed by atoms with E-state index in [1.54, 1.807) is 6.07 Å². The molecule has 0 amide bonds. The first-order chi connectivity index (χ1) is 5.09. The Hall–Kier alpha value is -1.19. The fourth-order valence-corrected chi connectivity index (χ4v) is 0.750. The number of hydrogen-bond acceptors (Lipinski definition) is 3. The summed E-state index contributed by atoms with van der Waals surface area (Å²) in [5.41, 5.74) is 5.94. The summed E-state index contributed by atoms with van der Waals surface area (Å²) in [6, 6.07) is 1.58. The van der Waals surface area contributed by atoms with Crippen molar-refractivity contribution < 1.29 is 4.39 Å². The Morgan fingerprint density at radius 1 is 1.45 bits per heavy atom. The summed E-state index contributed by atoms with van der Waals surface area (Å²) in [6.45, 7) is 3.84. The molecule has 0 bridgehead atoms. The predicted octanol–water partition coefficient (Wildman–Crippen LogP) is 1.32. The summed E-state index contributed by atoms with van der Waals surface area (Å²) < 4.78 is 12.5. The van der Waals surface area contributed by atoms with Crippen molar-refractivity contribution in [3.63, 3.8) is 0 Å². The Balaban J connectivity index is 3.08. The van der Waals surface area contributed by atoms with Crippen molar-refractivity contribution in [3.05, 3.63) is 17.8 Å². The summed E-state index contributed by atoms with van der Waals surface area (Å²) in [5.74, 6) is 0.357. The zero-order chi connectivity index (χ0) is 8.43. The topological polar surface area (TPSA) is 51.8 Å². The van der Waals surface area contributed by atoms with E-state index in [1.165, 1.54) is 0 Å². The average Bonchev–Trinajstić information content (AvgIpc) is 1.85. The van der Waals surface area contributed by atoms with Gasteiger partial charge in [0.2, 0.25) is 0 Å². The molecule has 2 N–H and O–H groups in total. The third-order valence-corrected chi connectivity index (χ3v) is 1.33. The molecule has 0 aliphatic rings. The van der Waals surface area contributed by atoms with E-state index >= 15 is 0 Å². The van der Waals surface area contributed by atoms with Gasteiger partial charge in [0.25, 0.3) is 0 Å². The third kappa shape index (κ3) is 1.86. The second-order valence-corrected chi connectivity index (χ2v) is 2.64. The Labute approximate surface area is 64.5 Å². The van der Waals surface area contributed by atoms with E-state index < -0.39 is 6.08 Å². The highest BCUT2D eigenvalue weighted by Crippen LogP contribution is 2.12. The van der Waals surface area contributed by atoms with Crippen molar-refractivity contribution in [2.24, 2.45) is 0 Å². The number of nitrogens with zero attached hydrogens (tertiary/aromatic N) is 2. The maximum atomic E-state index is 12.5. The Bertz CT molecular complexity index is 240. The highest BCUT2D eigenvalue weighted by Gasteiger charge is 2.04. The zero-order valence-electron chi connectivity index (χ0n) is 6.50. The van der Waals surface area contributed by atoms with Gasteiger partial charge in [-0.05, 0) is 5.92 Å². The quantitative estimate of drug-likeness (QED) is 0.622. The summed E-state index contributed by atoms with van der Waals surface area (Å²) in [6.07, 6.45) is -0.756. The van der Waals surface area contributed by atoms with Crippen molar-refractivity contribution in [1.82, 2.24) is 9.97 Å². The lowest BCUT2D eigenvalue weighted by molar-refractivity contribution is 0.530. The van der Waals surface area contributed by atoms with Gasteiger partial charge < -0.3 is 5.73 Å². The molecular weight excluding hydrogens is 145 g/mol. The normalized spacial score (nSPS) is 10.5. The van der Waals surface area contributed by atoms with E-state index in [0.717, 1.165) is 0 Å². The van der Waals surface area contributed by atoms with Gasteiger partial charge in [-0.1, -0.05) is 13.8 Å². The summed E-state index contributed by atoms with van der Waals surface area (Å²) in [4.78, 5) is 6.89. The van der Waals surface area contributed by atoms with Crippen LogP contribution in [0.1, 0.15) is 25.5 Å². The number of nitrogens with two attached hydrogens (primary N) is 1. The molecule has 0 saturated heterocycles. The molecule has 0 radical (unpaired) electrons. The fourth-order valence-electron chi connectivity index (χ4n) is 0.750. The molecule has 1 aromatic heterocycles. The number of hydrogen-bond donors (Lipinski definition) is 1. The van der Waals surface area contributed by atoms with Gasteiger partial charge in [-0.2, -0.15) is 9.37 Å². The zero-order valence-corrected chi connectivity index (χ0v) is 6.50. The van der Waals surface area contributed by atoms with Gasteiger partial charge in [-0.3, -0.25) is 0 Å². The number of nitrogen functional groups attached to an aromatic ring is 1. The summed E-state index contributed by atoms with van der Waals surface area (Å²) >= 11 is 0. The van der Waals surface area contributed by atoms with Crippen molar-refractivity contribution in [2.45, 2.75) is 19.8 Å². The van der Waals surface area contributed by atoms with Gasteiger partial charge in [0.1, 0.15) is 5.82 Å². The molecule has 0 atom stereocenters. The first-order valence-electron chi connectivity index (χ1n) is 3.39. The van der Waals surface area contributed by atoms with Gasteiger partial charge in [0, 0.05) is 6.07 Å². The maximum absolute atomic E-state index is 12.5. The summed E-state index contributed by atoms with van der Waals surface area (Å²) in [7, 11) is 0. The van der Waals surface area contributed by atoms with Crippen LogP contribution in [0.15, 0.2) is 6.07 Å². The minimum atomic E-state index is -0.756. The average molecular weight is 155 g/mol. The number of halogens is 1. The molecule has 0 spiro atoms. The van der Waals surface area contributed by atoms with Crippen molar-refractivity contribution in [2.75, 3.05) is 5.73 Å². The second kappa shape index (κ2) is 2.82. The molecule has 0 aliphatic heterocycles. The largest absolute Gasteiger partial charge is 0.384 e. The van der Waals surface area contributed by atoms with Gasteiger partial charge in [0.05, 0.1) is 5.69 Å². The van der Waals surface area contributed by atoms with Crippen LogP contribution in [0.25, 0.3) is 0 Å². The predicted molar refractivity (Wildman–Crippen MR) is 40.5 cm³/mol. The van der Waals surface area contributed by atoms with Crippen molar-refractivity contribution in [3.8, 4) is 0 Å². The van der Waals surface area contributed by atoms with Gasteiger partial charge in [-0.15, -0.1) is 0 Å². The van der Waals surface area contributed by atoms with Gasteiger partial charge in [-0.25, -0.2) is 4.98 Å².